The van der Waals surface area contributed by atoms with Gasteiger partial charge in [0.2, 0.25) is 0 Å². The molecule has 1 aliphatic heterocycles. The SMILES string of the molecule is Br.c1csc([C@H]2CCCN2)n1. The Morgan fingerprint density at radius 2 is 2.55 bits per heavy atom. The molecule has 1 aromatic heterocycles. The molecule has 0 spiro atoms. The van der Waals surface area contributed by atoms with Gasteiger partial charge in [-0.1, -0.05) is 0 Å². The molecule has 1 aliphatic rings. The molecule has 2 nitrogen and oxygen atoms in total. The number of hydrogen-bond acceptors (Lipinski definition) is 3. The summed E-state index contributed by atoms with van der Waals surface area (Å²) in [6.07, 6.45) is 4.43. The van der Waals surface area contributed by atoms with E-state index in [1.165, 1.54) is 17.8 Å². The molecule has 4 heteroatoms. The first kappa shape index (κ1) is 9.16. The van der Waals surface area contributed by atoms with Gasteiger partial charge in [0.05, 0.1) is 6.04 Å². The zero-order chi connectivity index (χ0) is 6.81. The van der Waals surface area contributed by atoms with Gasteiger partial charge >= 0.3 is 0 Å². The van der Waals surface area contributed by atoms with Crippen LogP contribution in [0.15, 0.2) is 11.6 Å². The van der Waals surface area contributed by atoms with E-state index < -0.39 is 0 Å². The van der Waals surface area contributed by atoms with Crippen LogP contribution < -0.4 is 5.32 Å². The third-order valence-corrected chi connectivity index (χ3v) is 2.70. The number of halogens is 1. The van der Waals surface area contributed by atoms with Crippen LogP contribution in [0.3, 0.4) is 0 Å². The Kier molecular flexibility index (Phi) is 3.48. The monoisotopic (exact) mass is 234 g/mol. The quantitative estimate of drug-likeness (QED) is 0.806. The lowest BCUT2D eigenvalue weighted by atomic mass is 10.2. The highest BCUT2D eigenvalue weighted by Crippen LogP contribution is 2.23. The number of aromatic nitrogens is 1. The molecule has 62 valence electrons. The second-order valence-corrected chi connectivity index (χ2v) is 3.45. The highest BCUT2D eigenvalue weighted by atomic mass is 79.9. The molecule has 2 rings (SSSR count). The molecule has 0 aliphatic carbocycles. The average Bonchev–Trinajstić information content (AvgIpc) is 2.59. The lowest BCUT2D eigenvalue weighted by Gasteiger charge is -2.03. The summed E-state index contributed by atoms with van der Waals surface area (Å²) in [6, 6.07) is 0.556. The van der Waals surface area contributed by atoms with Crippen molar-refractivity contribution in [3.05, 3.63) is 16.6 Å². The maximum absolute atomic E-state index is 4.25. The van der Waals surface area contributed by atoms with Gasteiger partial charge in [-0.3, -0.25) is 0 Å². The summed E-state index contributed by atoms with van der Waals surface area (Å²) in [7, 11) is 0. The van der Waals surface area contributed by atoms with Crippen LogP contribution in [0.5, 0.6) is 0 Å². The maximum Gasteiger partial charge on any atom is 0.109 e. The topological polar surface area (TPSA) is 24.9 Å². The van der Waals surface area contributed by atoms with Crippen molar-refractivity contribution in [2.24, 2.45) is 0 Å². The van der Waals surface area contributed by atoms with E-state index in [4.69, 9.17) is 0 Å². The van der Waals surface area contributed by atoms with Crippen LogP contribution >= 0.6 is 28.3 Å². The number of rotatable bonds is 1. The molecule has 11 heavy (non-hydrogen) atoms. The standard InChI is InChI=1S/C7H10N2S.BrH/c1-2-6(8-3-1)7-9-4-5-10-7;/h4-6,8H,1-3H2;1H/t6-;/m1./s1. The van der Waals surface area contributed by atoms with Crippen LogP contribution in [0, 0.1) is 0 Å². The molecule has 0 unspecified atom stereocenters. The van der Waals surface area contributed by atoms with Gasteiger partial charge in [0.1, 0.15) is 5.01 Å². The Morgan fingerprint density at radius 1 is 1.64 bits per heavy atom. The predicted octanol–water partition coefficient (Wildman–Crippen LogP) is 2.15. The Bertz CT molecular complexity index is 194. The molecule has 1 atom stereocenters. The van der Waals surface area contributed by atoms with Crippen molar-refractivity contribution in [1.29, 1.82) is 0 Å². The fourth-order valence-corrected chi connectivity index (χ4v) is 2.05. The Morgan fingerprint density at radius 3 is 3.09 bits per heavy atom. The largest absolute Gasteiger partial charge is 0.308 e. The molecule has 0 aromatic carbocycles. The fourth-order valence-electron chi connectivity index (χ4n) is 1.30. The van der Waals surface area contributed by atoms with Crippen LogP contribution in [-0.2, 0) is 0 Å². The van der Waals surface area contributed by atoms with Crippen molar-refractivity contribution in [3.63, 3.8) is 0 Å². The van der Waals surface area contributed by atoms with Crippen LogP contribution in [-0.4, -0.2) is 11.5 Å². The summed E-state index contributed by atoms with van der Waals surface area (Å²) < 4.78 is 0. The number of nitrogens with zero attached hydrogens (tertiary/aromatic N) is 1. The Hall–Kier alpha value is 0.0700. The van der Waals surface area contributed by atoms with Gasteiger partial charge in [-0.25, -0.2) is 4.98 Å². The van der Waals surface area contributed by atoms with Gasteiger partial charge in [-0.05, 0) is 19.4 Å². The van der Waals surface area contributed by atoms with E-state index in [1.807, 2.05) is 11.6 Å². The van der Waals surface area contributed by atoms with Crippen LogP contribution in [0.25, 0.3) is 0 Å². The van der Waals surface area contributed by atoms with Gasteiger partial charge in [0.15, 0.2) is 0 Å². The summed E-state index contributed by atoms with van der Waals surface area (Å²) in [5, 5.41) is 6.69. The van der Waals surface area contributed by atoms with Crippen LogP contribution in [0.4, 0.5) is 0 Å². The zero-order valence-corrected chi connectivity index (χ0v) is 8.65. The maximum atomic E-state index is 4.25. The van der Waals surface area contributed by atoms with E-state index in [2.05, 4.69) is 10.3 Å². The third-order valence-electron chi connectivity index (χ3n) is 1.81. The molecule has 1 fully saturated rings. The minimum atomic E-state index is 0. The lowest BCUT2D eigenvalue weighted by Crippen LogP contribution is -2.12. The fraction of sp³-hybridized carbons (Fsp3) is 0.571. The second-order valence-electron chi connectivity index (χ2n) is 2.52. The van der Waals surface area contributed by atoms with Crippen LogP contribution in [0.1, 0.15) is 23.9 Å². The Balaban J connectivity index is 0.000000605. The minimum Gasteiger partial charge on any atom is -0.308 e. The van der Waals surface area contributed by atoms with E-state index in [1.54, 1.807) is 11.3 Å². The summed E-state index contributed by atoms with van der Waals surface area (Å²) in [5.41, 5.74) is 0. The highest BCUT2D eigenvalue weighted by Gasteiger charge is 2.17. The first-order valence-electron chi connectivity index (χ1n) is 3.59. The molecule has 0 saturated carbocycles. The number of thiazole rings is 1. The van der Waals surface area contributed by atoms with Crippen molar-refractivity contribution in [2.75, 3.05) is 6.54 Å². The van der Waals surface area contributed by atoms with Gasteiger partial charge in [0, 0.05) is 11.6 Å². The summed E-state index contributed by atoms with van der Waals surface area (Å²) in [5.74, 6) is 0. The van der Waals surface area contributed by atoms with Gasteiger partial charge < -0.3 is 5.32 Å². The molecule has 0 radical (unpaired) electrons. The van der Waals surface area contributed by atoms with E-state index in [9.17, 15) is 0 Å². The molecule has 1 saturated heterocycles. The summed E-state index contributed by atoms with van der Waals surface area (Å²) >= 11 is 1.75. The van der Waals surface area contributed by atoms with E-state index in [0.717, 1.165) is 6.54 Å². The van der Waals surface area contributed by atoms with E-state index in [0.29, 0.717) is 6.04 Å². The minimum absolute atomic E-state index is 0. The molecule has 1 N–H and O–H groups in total. The first-order chi connectivity index (χ1) is 4.97. The van der Waals surface area contributed by atoms with Crippen molar-refractivity contribution in [3.8, 4) is 0 Å². The lowest BCUT2D eigenvalue weighted by molar-refractivity contribution is 0.643. The van der Waals surface area contributed by atoms with Crippen LogP contribution in [0.2, 0.25) is 0 Å². The Labute approximate surface area is 80.8 Å². The van der Waals surface area contributed by atoms with Crippen molar-refractivity contribution in [1.82, 2.24) is 10.3 Å². The molecule has 0 bridgehead atoms. The predicted molar refractivity (Wildman–Crippen MR) is 52.4 cm³/mol. The smallest absolute Gasteiger partial charge is 0.109 e. The molecular formula is C7H11BrN2S. The highest BCUT2D eigenvalue weighted by molar-refractivity contribution is 8.93. The van der Waals surface area contributed by atoms with Crippen molar-refractivity contribution in [2.45, 2.75) is 18.9 Å². The molecule has 1 aromatic rings. The molecule has 0 amide bonds. The zero-order valence-electron chi connectivity index (χ0n) is 6.12. The number of hydrogen-bond donors (Lipinski definition) is 1. The summed E-state index contributed by atoms with van der Waals surface area (Å²) in [4.78, 5) is 4.25. The third kappa shape index (κ3) is 2.01. The second kappa shape index (κ2) is 4.18. The molecular weight excluding hydrogens is 224 g/mol. The van der Waals surface area contributed by atoms with Crippen molar-refractivity contribution >= 4 is 28.3 Å². The van der Waals surface area contributed by atoms with Gasteiger partial charge in [-0.15, -0.1) is 28.3 Å². The van der Waals surface area contributed by atoms with E-state index in [-0.39, 0.29) is 17.0 Å². The molecule has 2 heterocycles. The summed E-state index contributed by atoms with van der Waals surface area (Å²) in [6.45, 7) is 1.16. The number of nitrogens with one attached hydrogen (secondary N) is 1. The normalized spacial score (nSPS) is 23.1. The van der Waals surface area contributed by atoms with E-state index >= 15 is 0 Å². The van der Waals surface area contributed by atoms with Gasteiger partial charge in [0.25, 0.3) is 0 Å². The van der Waals surface area contributed by atoms with Gasteiger partial charge in [-0.2, -0.15) is 0 Å². The average molecular weight is 235 g/mol. The first-order valence-corrected chi connectivity index (χ1v) is 4.47. The van der Waals surface area contributed by atoms with Crippen molar-refractivity contribution < 1.29 is 0 Å².